The van der Waals surface area contributed by atoms with Crippen molar-refractivity contribution >= 4 is 32.4 Å². The highest BCUT2D eigenvalue weighted by atomic mass is 32.2. The highest BCUT2D eigenvalue weighted by Gasteiger charge is 2.29. The first kappa shape index (κ1) is 18.8. The molecule has 1 aliphatic heterocycles. The second kappa shape index (κ2) is 7.46. The Morgan fingerprint density at radius 3 is 2.71 bits per heavy atom. The molecule has 3 aromatic rings. The Morgan fingerprint density at radius 2 is 2.00 bits per heavy atom. The molecule has 10 heteroatoms. The van der Waals surface area contributed by atoms with Crippen molar-refractivity contribution in [3.8, 4) is 11.4 Å². The van der Waals surface area contributed by atoms with Gasteiger partial charge < -0.3 is 4.57 Å². The minimum atomic E-state index is -3.57. The van der Waals surface area contributed by atoms with Gasteiger partial charge in [-0.2, -0.15) is 4.31 Å². The van der Waals surface area contributed by atoms with Crippen LogP contribution in [0.15, 0.2) is 46.9 Å². The van der Waals surface area contributed by atoms with Gasteiger partial charge >= 0.3 is 0 Å². The highest BCUT2D eigenvalue weighted by molar-refractivity contribution is 7.89. The third-order valence-electron chi connectivity index (χ3n) is 4.57. The number of carbonyl (C=O) groups excluding carboxylic acids is 1. The largest absolute Gasteiger partial charge is 0.345 e. The van der Waals surface area contributed by atoms with Crippen LogP contribution < -0.4 is 5.32 Å². The Morgan fingerprint density at radius 1 is 1.21 bits per heavy atom. The lowest BCUT2D eigenvalue weighted by molar-refractivity contribution is 0.101. The zero-order valence-corrected chi connectivity index (χ0v) is 16.8. The van der Waals surface area contributed by atoms with Gasteiger partial charge in [-0.3, -0.25) is 15.1 Å². The number of carbonyl (C=O) groups is 1. The number of thiazole rings is 1. The van der Waals surface area contributed by atoms with Crippen LogP contribution in [0.1, 0.15) is 23.3 Å². The molecule has 1 amide bonds. The second-order valence-corrected chi connectivity index (χ2v) is 9.29. The van der Waals surface area contributed by atoms with E-state index < -0.39 is 15.9 Å². The molecule has 0 unspecified atom stereocenters. The summed E-state index contributed by atoms with van der Waals surface area (Å²) in [5, 5.41) is 4.97. The summed E-state index contributed by atoms with van der Waals surface area (Å²) in [5.74, 6) is -0.410. The van der Waals surface area contributed by atoms with E-state index in [1.54, 1.807) is 13.2 Å². The third kappa shape index (κ3) is 3.58. The number of sulfonamides is 1. The van der Waals surface area contributed by atoms with Crippen molar-refractivity contribution in [3.63, 3.8) is 0 Å². The molecule has 0 radical (unpaired) electrons. The maximum absolute atomic E-state index is 12.7. The van der Waals surface area contributed by atoms with Gasteiger partial charge in [0, 0.05) is 37.9 Å². The number of aromatic nitrogens is 3. The Bertz CT molecular complexity index is 1100. The molecule has 146 valence electrons. The van der Waals surface area contributed by atoms with Crippen molar-refractivity contribution in [2.75, 3.05) is 18.4 Å². The van der Waals surface area contributed by atoms with Crippen molar-refractivity contribution in [2.24, 2.45) is 7.05 Å². The highest BCUT2D eigenvalue weighted by Crippen LogP contribution is 2.25. The first-order valence-corrected chi connectivity index (χ1v) is 11.1. The van der Waals surface area contributed by atoms with E-state index in [0.717, 1.165) is 18.5 Å². The zero-order valence-electron chi connectivity index (χ0n) is 15.2. The molecule has 4 rings (SSSR count). The average Bonchev–Trinajstić information content (AvgIpc) is 3.43. The van der Waals surface area contributed by atoms with Gasteiger partial charge in [0.2, 0.25) is 10.0 Å². The molecule has 4 heterocycles. The quantitative estimate of drug-likeness (QED) is 0.688. The molecular weight excluding hydrogens is 398 g/mol. The van der Waals surface area contributed by atoms with Gasteiger partial charge in [-0.25, -0.2) is 13.4 Å². The lowest BCUT2D eigenvalue weighted by atomic mass is 10.3. The van der Waals surface area contributed by atoms with E-state index in [9.17, 15) is 13.2 Å². The fourth-order valence-electron chi connectivity index (χ4n) is 3.10. The summed E-state index contributed by atoms with van der Waals surface area (Å²) in [6.45, 7) is 1.04. The third-order valence-corrected chi connectivity index (χ3v) is 7.19. The summed E-state index contributed by atoms with van der Waals surface area (Å²) < 4.78 is 28.4. The summed E-state index contributed by atoms with van der Waals surface area (Å²) >= 11 is 1.29. The molecule has 0 aliphatic carbocycles. The van der Waals surface area contributed by atoms with Gasteiger partial charge in [0.05, 0.1) is 5.69 Å². The molecule has 1 aliphatic rings. The summed E-state index contributed by atoms with van der Waals surface area (Å²) in [6, 6.07) is 6.94. The SMILES string of the molecule is Cn1cc(S(=O)(=O)N2CCCC2)cc1C(=O)Nc1nc(-c2ccccn2)cs1. The molecule has 1 saturated heterocycles. The maximum Gasteiger partial charge on any atom is 0.274 e. The van der Waals surface area contributed by atoms with E-state index in [-0.39, 0.29) is 10.6 Å². The first-order chi connectivity index (χ1) is 13.4. The minimum Gasteiger partial charge on any atom is -0.345 e. The fraction of sp³-hybridized carbons (Fsp3) is 0.278. The average molecular weight is 418 g/mol. The molecule has 3 aromatic heterocycles. The van der Waals surface area contributed by atoms with Gasteiger partial charge in [0.1, 0.15) is 16.3 Å². The van der Waals surface area contributed by atoms with Crippen LogP contribution in [0.5, 0.6) is 0 Å². The number of pyridine rings is 1. The molecule has 0 bridgehead atoms. The zero-order chi connectivity index (χ0) is 19.7. The van der Waals surface area contributed by atoms with Gasteiger partial charge in [-0.1, -0.05) is 6.07 Å². The molecule has 0 spiro atoms. The van der Waals surface area contributed by atoms with Crippen LogP contribution >= 0.6 is 11.3 Å². The van der Waals surface area contributed by atoms with Crippen LogP contribution in [0.25, 0.3) is 11.4 Å². The topological polar surface area (TPSA) is 97.2 Å². The lowest BCUT2D eigenvalue weighted by Crippen LogP contribution is -2.27. The molecule has 8 nitrogen and oxygen atoms in total. The van der Waals surface area contributed by atoms with Gasteiger partial charge in [0.15, 0.2) is 5.13 Å². The molecule has 1 N–H and O–H groups in total. The Kier molecular flexibility index (Phi) is 5.00. The summed E-state index contributed by atoms with van der Waals surface area (Å²) in [6.07, 6.45) is 4.88. The van der Waals surface area contributed by atoms with E-state index in [0.29, 0.717) is 23.9 Å². The summed E-state index contributed by atoms with van der Waals surface area (Å²) in [5.41, 5.74) is 1.65. The Hall–Kier alpha value is -2.56. The van der Waals surface area contributed by atoms with Crippen molar-refractivity contribution in [1.29, 1.82) is 0 Å². The van der Waals surface area contributed by atoms with Crippen LogP contribution in [0.3, 0.4) is 0 Å². The van der Waals surface area contributed by atoms with Crippen LogP contribution in [0.2, 0.25) is 0 Å². The van der Waals surface area contributed by atoms with Crippen molar-refractivity contribution < 1.29 is 13.2 Å². The number of anilines is 1. The number of hydrogen-bond acceptors (Lipinski definition) is 6. The first-order valence-electron chi connectivity index (χ1n) is 8.80. The standard InChI is InChI=1S/C18H19N5O3S2/c1-22-11-13(28(25,26)23-8-4-5-9-23)10-16(22)17(24)21-18-20-15(12-27-18)14-6-2-3-7-19-14/h2-3,6-7,10-12H,4-5,8-9H2,1H3,(H,20,21,24). The monoisotopic (exact) mass is 417 g/mol. The van der Waals surface area contributed by atoms with Gasteiger partial charge in [-0.15, -0.1) is 11.3 Å². The fourth-order valence-corrected chi connectivity index (χ4v) is 5.39. The molecular formula is C18H19N5O3S2. The summed E-state index contributed by atoms with van der Waals surface area (Å²) in [4.78, 5) is 21.4. The molecule has 28 heavy (non-hydrogen) atoms. The van der Waals surface area contributed by atoms with Crippen molar-refractivity contribution in [1.82, 2.24) is 18.8 Å². The van der Waals surface area contributed by atoms with Crippen molar-refractivity contribution in [2.45, 2.75) is 17.7 Å². The number of nitrogens with zero attached hydrogens (tertiary/aromatic N) is 4. The van der Waals surface area contributed by atoms with E-state index in [1.807, 2.05) is 23.6 Å². The number of nitrogens with one attached hydrogen (secondary N) is 1. The Labute approximate surface area is 166 Å². The Balaban J connectivity index is 1.53. The molecule has 1 fully saturated rings. The smallest absolute Gasteiger partial charge is 0.274 e. The van der Waals surface area contributed by atoms with Crippen LogP contribution in [0.4, 0.5) is 5.13 Å². The maximum atomic E-state index is 12.7. The van der Waals surface area contributed by atoms with Gasteiger partial charge in [-0.05, 0) is 31.0 Å². The van der Waals surface area contributed by atoms with Crippen LogP contribution in [-0.2, 0) is 17.1 Å². The van der Waals surface area contributed by atoms with E-state index >= 15 is 0 Å². The number of rotatable bonds is 5. The predicted molar refractivity (Wildman–Crippen MR) is 107 cm³/mol. The summed E-state index contributed by atoms with van der Waals surface area (Å²) in [7, 11) is -1.92. The van der Waals surface area contributed by atoms with Gasteiger partial charge in [0.25, 0.3) is 5.91 Å². The van der Waals surface area contributed by atoms with Crippen LogP contribution in [-0.4, -0.2) is 46.3 Å². The molecule has 0 aromatic carbocycles. The molecule has 0 saturated carbocycles. The number of amides is 1. The van der Waals surface area contributed by atoms with Crippen LogP contribution in [0, 0.1) is 0 Å². The predicted octanol–water partition coefficient (Wildman–Crippen LogP) is 2.58. The minimum absolute atomic E-state index is 0.135. The van der Waals surface area contributed by atoms with E-state index in [2.05, 4.69) is 15.3 Å². The second-order valence-electron chi connectivity index (χ2n) is 6.49. The normalized spacial score (nSPS) is 15.0. The number of aryl methyl sites for hydroxylation is 1. The van der Waals surface area contributed by atoms with E-state index in [4.69, 9.17) is 0 Å². The number of hydrogen-bond donors (Lipinski definition) is 1. The van der Waals surface area contributed by atoms with Crippen molar-refractivity contribution in [3.05, 3.63) is 47.7 Å². The van der Waals surface area contributed by atoms with E-state index in [1.165, 1.54) is 32.5 Å². The lowest BCUT2D eigenvalue weighted by Gasteiger charge is -2.13. The molecule has 0 atom stereocenters.